The number of amides is 1. The van der Waals surface area contributed by atoms with Gasteiger partial charge in [-0.1, -0.05) is 6.07 Å². The lowest BCUT2D eigenvalue weighted by atomic mass is 10.1. The predicted octanol–water partition coefficient (Wildman–Crippen LogP) is 1.24. The first-order valence-electron chi connectivity index (χ1n) is 8.03. The average molecular weight is 384 g/mol. The summed E-state index contributed by atoms with van der Waals surface area (Å²) in [6.07, 6.45) is 3.02. The summed E-state index contributed by atoms with van der Waals surface area (Å²) in [5, 5.41) is 3.87. The minimum absolute atomic E-state index is 0.0407. The molecule has 1 aliphatic heterocycles. The van der Waals surface area contributed by atoms with E-state index in [0.717, 1.165) is 12.1 Å². The number of carbonyl (C=O) groups is 1. The number of aryl methyl sites for hydroxylation is 1. The van der Waals surface area contributed by atoms with Crippen molar-refractivity contribution >= 4 is 15.9 Å². The summed E-state index contributed by atoms with van der Waals surface area (Å²) >= 11 is 0. The van der Waals surface area contributed by atoms with Gasteiger partial charge in [-0.25, -0.2) is 17.2 Å². The third-order valence-corrected chi connectivity index (χ3v) is 6.09. The van der Waals surface area contributed by atoms with E-state index < -0.39 is 33.1 Å². The van der Waals surface area contributed by atoms with Crippen molar-refractivity contribution in [1.82, 2.24) is 19.0 Å². The summed E-state index contributed by atoms with van der Waals surface area (Å²) in [5.74, 6) is -2.64. The molecule has 1 aliphatic rings. The number of hydrogen-bond donors (Lipinski definition) is 0. The second-order valence-corrected chi connectivity index (χ2v) is 7.93. The molecule has 10 heteroatoms. The molecule has 0 radical (unpaired) electrons. The molecule has 0 N–H and O–H groups in total. The van der Waals surface area contributed by atoms with E-state index >= 15 is 0 Å². The van der Waals surface area contributed by atoms with Crippen molar-refractivity contribution in [2.45, 2.75) is 11.3 Å². The minimum atomic E-state index is -3.73. The summed E-state index contributed by atoms with van der Waals surface area (Å²) in [4.78, 5) is 13.8. The Bertz CT molecular complexity index is 909. The number of sulfonamides is 1. The Balaban J connectivity index is 1.77. The zero-order valence-corrected chi connectivity index (χ0v) is 14.9. The predicted molar refractivity (Wildman–Crippen MR) is 88.8 cm³/mol. The van der Waals surface area contributed by atoms with Crippen LogP contribution in [0.3, 0.4) is 0 Å². The first-order valence-corrected chi connectivity index (χ1v) is 9.47. The fourth-order valence-corrected chi connectivity index (χ4v) is 4.33. The number of rotatable bonds is 3. The molecule has 3 rings (SSSR count). The molecule has 0 spiro atoms. The van der Waals surface area contributed by atoms with Crippen molar-refractivity contribution in [2.75, 3.05) is 26.2 Å². The van der Waals surface area contributed by atoms with Crippen molar-refractivity contribution in [3.8, 4) is 0 Å². The van der Waals surface area contributed by atoms with Gasteiger partial charge in [0, 0.05) is 39.4 Å². The van der Waals surface area contributed by atoms with Crippen LogP contribution in [-0.4, -0.2) is 59.5 Å². The number of benzene rings is 1. The van der Waals surface area contributed by atoms with E-state index in [1.54, 1.807) is 7.05 Å². The number of halogens is 2. The van der Waals surface area contributed by atoms with Crippen LogP contribution in [0.5, 0.6) is 0 Å². The third-order valence-electron chi connectivity index (χ3n) is 4.24. The summed E-state index contributed by atoms with van der Waals surface area (Å²) in [5.41, 5.74) is -0.615. The molecule has 1 fully saturated rings. The third kappa shape index (κ3) is 3.47. The lowest BCUT2D eigenvalue weighted by molar-refractivity contribution is 0.0754. The Morgan fingerprint density at radius 1 is 1.12 bits per heavy atom. The largest absolute Gasteiger partial charge is 0.337 e. The first kappa shape index (κ1) is 18.5. The number of carbonyl (C=O) groups excluding carboxylic acids is 1. The molecule has 2 aromatic rings. The van der Waals surface area contributed by atoms with E-state index in [-0.39, 0.29) is 31.1 Å². The van der Waals surface area contributed by atoms with E-state index in [1.165, 1.54) is 32.3 Å². The molecule has 7 nitrogen and oxygen atoms in total. The zero-order chi connectivity index (χ0) is 18.9. The van der Waals surface area contributed by atoms with Gasteiger partial charge in [0.05, 0.1) is 6.20 Å². The fourth-order valence-electron chi connectivity index (χ4n) is 2.88. The molecule has 1 amide bonds. The Hall–Kier alpha value is -2.33. The van der Waals surface area contributed by atoms with Crippen molar-refractivity contribution in [1.29, 1.82) is 0 Å². The zero-order valence-electron chi connectivity index (χ0n) is 14.1. The second kappa shape index (κ2) is 7.12. The van der Waals surface area contributed by atoms with Crippen LogP contribution in [0, 0.1) is 11.6 Å². The Morgan fingerprint density at radius 2 is 1.81 bits per heavy atom. The van der Waals surface area contributed by atoms with Crippen molar-refractivity contribution in [2.24, 2.45) is 7.05 Å². The Kier molecular flexibility index (Phi) is 5.05. The average Bonchev–Trinajstić information content (AvgIpc) is 2.88. The highest BCUT2D eigenvalue weighted by molar-refractivity contribution is 7.89. The van der Waals surface area contributed by atoms with Gasteiger partial charge in [0.2, 0.25) is 10.0 Å². The molecular weight excluding hydrogens is 366 g/mol. The molecule has 0 bridgehead atoms. The molecule has 1 aromatic heterocycles. The lowest BCUT2D eigenvalue weighted by Crippen LogP contribution is -2.37. The highest BCUT2D eigenvalue weighted by Gasteiger charge is 2.30. The molecule has 0 atom stereocenters. The van der Waals surface area contributed by atoms with Gasteiger partial charge in [-0.3, -0.25) is 9.48 Å². The van der Waals surface area contributed by atoms with E-state index in [1.807, 2.05) is 0 Å². The van der Waals surface area contributed by atoms with Gasteiger partial charge < -0.3 is 4.90 Å². The number of hydrogen-bond acceptors (Lipinski definition) is 4. The Morgan fingerprint density at radius 3 is 2.42 bits per heavy atom. The standard InChI is InChI=1S/C16H18F2N4O3S/c1-20-11-12(10-19-20)26(24,25)22-7-3-6-21(8-9-22)16(23)15-13(17)4-2-5-14(15)18/h2,4-5,10-11H,3,6-9H2,1H3. The lowest BCUT2D eigenvalue weighted by Gasteiger charge is -2.22. The molecule has 140 valence electrons. The van der Waals surface area contributed by atoms with Gasteiger partial charge in [0.1, 0.15) is 22.1 Å². The Labute approximate surface area is 149 Å². The van der Waals surface area contributed by atoms with Gasteiger partial charge in [0.15, 0.2) is 0 Å². The SMILES string of the molecule is Cn1cc(S(=O)(=O)N2CCCN(C(=O)c3c(F)cccc3F)CC2)cn1. The molecule has 1 aromatic carbocycles. The van der Waals surface area contributed by atoms with E-state index in [9.17, 15) is 22.0 Å². The maximum absolute atomic E-state index is 13.8. The quantitative estimate of drug-likeness (QED) is 0.798. The maximum atomic E-state index is 13.8. The van der Waals surface area contributed by atoms with Crippen LogP contribution in [0.2, 0.25) is 0 Å². The second-order valence-electron chi connectivity index (χ2n) is 6.00. The van der Waals surface area contributed by atoms with Crippen molar-refractivity contribution < 1.29 is 22.0 Å². The van der Waals surface area contributed by atoms with Crippen LogP contribution < -0.4 is 0 Å². The minimum Gasteiger partial charge on any atom is -0.337 e. The highest BCUT2D eigenvalue weighted by Crippen LogP contribution is 2.19. The molecule has 0 unspecified atom stereocenters. The topological polar surface area (TPSA) is 75.5 Å². The van der Waals surface area contributed by atoms with Gasteiger partial charge in [-0.05, 0) is 18.6 Å². The van der Waals surface area contributed by atoms with E-state index in [0.29, 0.717) is 6.42 Å². The molecule has 0 saturated carbocycles. The van der Waals surface area contributed by atoms with Crippen LogP contribution in [0.15, 0.2) is 35.5 Å². The van der Waals surface area contributed by atoms with Crippen LogP contribution in [0.25, 0.3) is 0 Å². The van der Waals surface area contributed by atoms with Gasteiger partial charge in [0.25, 0.3) is 5.91 Å². The molecule has 1 saturated heterocycles. The van der Waals surface area contributed by atoms with Gasteiger partial charge >= 0.3 is 0 Å². The van der Waals surface area contributed by atoms with E-state index in [2.05, 4.69) is 5.10 Å². The van der Waals surface area contributed by atoms with Crippen LogP contribution in [0.1, 0.15) is 16.8 Å². The summed E-state index contributed by atoms with van der Waals surface area (Å²) in [6, 6.07) is 3.23. The summed E-state index contributed by atoms with van der Waals surface area (Å²) in [6.45, 7) is 0.511. The monoisotopic (exact) mass is 384 g/mol. The fraction of sp³-hybridized carbons (Fsp3) is 0.375. The number of aromatic nitrogens is 2. The molecule has 26 heavy (non-hydrogen) atoms. The van der Waals surface area contributed by atoms with Crippen LogP contribution in [0.4, 0.5) is 8.78 Å². The van der Waals surface area contributed by atoms with Crippen LogP contribution >= 0.6 is 0 Å². The van der Waals surface area contributed by atoms with E-state index in [4.69, 9.17) is 0 Å². The summed E-state index contributed by atoms with van der Waals surface area (Å²) < 4.78 is 55.7. The summed E-state index contributed by atoms with van der Waals surface area (Å²) in [7, 11) is -2.11. The smallest absolute Gasteiger partial charge is 0.259 e. The van der Waals surface area contributed by atoms with Crippen LogP contribution in [-0.2, 0) is 17.1 Å². The first-order chi connectivity index (χ1) is 12.3. The van der Waals surface area contributed by atoms with Gasteiger partial charge in [-0.2, -0.15) is 9.40 Å². The highest BCUT2D eigenvalue weighted by atomic mass is 32.2. The number of nitrogens with zero attached hydrogens (tertiary/aromatic N) is 4. The molecular formula is C16H18F2N4O3S. The molecule has 0 aliphatic carbocycles. The normalized spacial score (nSPS) is 16.5. The molecule has 2 heterocycles. The maximum Gasteiger partial charge on any atom is 0.259 e. The van der Waals surface area contributed by atoms with Crippen molar-refractivity contribution in [3.05, 3.63) is 47.8 Å². The van der Waals surface area contributed by atoms with Crippen molar-refractivity contribution in [3.63, 3.8) is 0 Å². The van der Waals surface area contributed by atoms with Gasteiger partial charge in [-0.15, -0.1) is 0 Å².